The molecule has 0 saturated carbocycles. The molecule has 0 unspecified atom stereocenters. The molecule has 0 aliphatic rings. The summed E-state index contributed by atoms with van der Waals surface area (Å²) in [5.74, 6) is -1.90. The van der Waals surface area contributed by atoms with Crippen molar-refractivity contribution in [2.24, 2.45) is 11.8 Å². The van der Waals surface area contributed by atoms with Crippen LogP contribution in [-0.4, -0.2) is 26.2 Å². The largest absolute Gasteiger partial charge is 0.468 e. The number of ether oxygens (including phenoxy) is 2. The highest BCUT2D eigenvalue weighted by atomic mass is 16.5. The minimum atomic E-state index is -0.792. The minimum absolute atomic E-state index is 0.0556. The zero-order valence-corrected chi connectivity index (χ0v) is 8.49. The second-order valence-electron chi connectivity index (χ2n) is 2.91. The van der Waals surface area contributed by atoms with Gasteiger partial charge < -0.3 is 9.47 Å². The Hall–Kier alpha value is -1.06. The number of rotatable bonds is 4. The Labute approximate surface area is 78.2 Å². The molecule has 0 aliphatic heterocycles. The summed E-state index contributed by atoms with van der Waals surface area (Å²) >= 11 is 0. The SMILES string of the molecule is CC[C@@H](C)C(C(=O)OC)C(=O)OC. The van der Waals surface area contributed by atoms with E-state index in [1.54, 1.807) is 0 Å². The highest BCUT2D eigenvalue weighted by Crippen LogP contribution is 2.17. The maximum atomic E-state index is 11.2. The van der Waals surface area contributed by atoms with Gasteiger partial charge in [-0.25, -0.2) is 0 Å². The minimum Gasteiger partial charge on any atom is -0.468 e. The Morgan fingerprint density at radius 2 is 1.54 bits per heavy atom. The monoisotopic (exact) mass is 188 g/mol. The fraction of sp³-hybridized carbons (Fsp3) is 0.778. The fourth-order valence-electron chi connectivity index (χ4n) is 1.05. The van der Waals surface area contributed by atoms with E-state index in [1.165, 1.54) is 14.2 Å². The number of esters is 2. The number of carbonyl (C=O) groups excluding carboxylic acids is 2. The first kappa shape index (κ1) is 11.9. The van der Waals surface area contributed by atoms with Gasteiger partial charge in [0.15, 0.2) is 5.92 Å². The first-order chi connectivity index (χ1) is 6.08. The van der Waals surface area contributed by atoms with E-state index < -0.39 is 17.9 Å². The molecule has 13 heavy (non-hydrogen) atoms. The first-order valence-corrected chi connectivity index (χ1v) is 4.24. The van der Waals surface area contributed by atoms with E-state index in [-0.39, 0.29) is 5.92 Å². The summed E-state index contributed by atoms with van der Waals surface area (Å²) in [6.07, 6.45) is 0.731. The van der Waals surface area contributed by atoms with Gasteiger partial charge in [0.1, 0.15) is 0 Å². The third kappa shape index (κ3) is 3.05. The molecular formula is C9H16O4. The van der Waals surface area contributed by atoms with E-state index >= 15 is 0 Å². The standard InChI is InChI=1S/C9H16O4/c1-5-6(2)7(8(10)12-3)9(11)13-4/h6-7H,5H2,1-4H3/t6-/m1/s1. The van der Waals surface area contributed by atoms with E-state index in [4.69, 9.17) is 0 Å². The van der Waals surface area contributed by atoms with Crippen LogP contribution in [0.5, 0.6) is 0 Å². The third-order valence-corrected chi connectivity index (χ3v) is 2.12. The molecule has 0 saturated heterocycles. The van der Waals surface area contributed by atoms with Crippen molar-refractivity contribution >= 4 is 11.9 Å². The van der Waals surface area contributed by atoms with Gasteiger partial charge in [0.05, 0.1) is 14.2 Å². The molecule has 0 heterocycles. The van der Waals surface area contributed by atoms with E-state index in [2.05, 4.69) is 9.47 Å². The molecular weight excluding hydrogens is 172 g/mol. The van der Waals surface area contributed by atoms with Crippen LogP contribution in [0.2, 0.25) is 0 Å². The van der Waals surface area contributed by atoms with Crippen molar-refractivity contribution in [3.8, 4) is 0 Å². The molecule has 0 aliphatic carbocycles. The summed E-state index contributed by atoms with van der Waals surface area (Å²) in [5, 5.41) is 0. The van der Waals surface area contributed by atoms with Gasteiger partial charge in [-0.15, -0.1) is 0 Å². The van der Waals surface area contributed by atoms with E-state index in [0.29, 0.717) is 0 Å². The molecule has 0 radical (unpaired) electrons. The summed E-state index contributed by atoms with van der Waals surface area (Å²) in [7, 11) is 2.53. The third-order valence-electron chi connectivity index (χ3n) is 2.12. The Morgan fingerprint density at radius 1 is 1.15 bits per heavy atom. The lowest BCUT2D eigenvalue weighted by atomic mass is 9.92. The Morgan fingerprint density at radius 3 is 1.77 bits per heavy atom. The lowest BCUT2D eigenvalue weighted by molar-refractivity contribution is -0.161. The highest BCUT2D eigenvalue weighted by molar-refractivity contribution is 5.95. The summed E-state index contributed by atoms with van der Waals surface area (Å²) in [6.45, 7) is 3.72. The molecule has 76 valence electrons. The van der Waals surface area contributed by atoms with Crippen LogP contribution < -0.4 is 0 Å². The fourth-order valence-corrected chi connectivity index (χ4v) is 1.05. The van der Waals surface area contributed by atoms with E-state index in [9.17, 15) is 9.59 Å². The normalized spacial score (nSPS) is 12.4. The zero-order chi connectivity index (χ0) is 10.4. The van der Waals surface area contributed by atoms with Crippen LogP contribution in [0.4, 0.5) is 0 Å². The van der Waals surface area contributed by atoms with Gasteiger partial charge in [-0.2, -0.15) is 0 Å². The highest BCUT2D eigenvalue weighted by Gasteiger charge is 2.32. The van der Waals surface area contributed by atoms with Crippen molar-refractivity contribution in [2.75, 3.05) is 14.2 Å². The maximum absolute atomic E-state index is 11.2. The first-order valence-electron chi connectivity index (χ1n) is 4.24. The maximum Gasteiger partial charge on any atom is 0.320 e. The summed E-state index contributed by atoms with van der Waals surface area (Å²) < 4.78 is 9.04. The van der Waals surface area contributed by atoms with Crippen LogP contribution in [0.15, 0.2) is 0 Å². The molecule has 0 spiro atoms. The van der Waals surface area contributed by atoms with Crippen LogP contribution >= 0.6 is 0 Å². The number of hydrogen-bond donors (Lipinski definition) is 0. The van der Waals surface area contributed by atoms with Gasteiger partial charge >= 0.3 is 11.9 Å². The summed E-state index contributed by atoms with van der Waals surface area (Å²) in [6, 6.07) is 0. The molecule has 0 N–H and O–H groups in total. The molecule has 1 atom stereocenters. The Bertz CT molecular complexity index is 172. The van der Waals surface area contributed by atoms with Gasteiger partial charge in [0.2, 0.25) is 0 Å². The number of methoxy groups -OCH3 is 2. The average molecular weight is 188 g/mol. The quantitative estimate of drug-likeness (QED) is 0.487. The van der Waals surface area contributed by atoms with Crippen molar-refractivity contribution in [3.05, 3.63) is 0 Å². The zero-order valence-electron chi connectivity index (χ0n) is 8.49. The van der Waals surface area contributed by atoms with E-state index in [0.717, 1.165) is 6.42 Å². The predicted molar refractivity (Wildman–Crippen MR) is 47.0 cm³/mol. The molecule has 0 aromatic carbocycles. The topological polar surface area (TPSA) is 52.6 Å². The molecule has 0 amide bonds. The van der Waals surface area contributed by atoms with Crippen LogP contribution in [-0.2, 0) is 19.1 Å². The van der Waals surface area contributed by atoms with Crippen LogP contribution in [0.3, 0.4) is 0 Å². The Kier molecular flexibility index (Phi) is 5.11. The van der Waals surface area contributed by atoms with Gasteiger partial charge in [0, 0.05) is 0 Å². The molecule has 4 nitrogen and oxygen atoms in total. The van der Waals surface area contributed by atoms with Crippen LogP contribution in [0.25, 0.3) is 0 Å². The predicted octanol–water partition coefficient (Wildman–Crippen LogP) is 0.995. The average Bonchev–Trinajstić information content (AvgIpc) is 2.16. The van der Waals surface area contributed by atoms with E-state index in [1.807, 2.05) is 13.8 Å². The lowest BCUT2D eigenvalue weighted by Crippen LogP contribution is -2.31. The van der Waals surface area contributed by atoms with Crippen molar-refractivity contribution in [3.63, 3.8) is 0 Å². The molecule has 0 aromatic heterocycles. The molecule has 0 aromatic rings. The molecule has 0 bridgehead atoms. The number of carbonyl (C=O) groups is 2. The second kappa shape index (κ2) is 5.56. The smallest absolute Gasteiger partial charge is 0.320 e. The van der Waals surface area contributed by atoms with Gasteiger partial charge in [-0.3, -0.25) is 9.59 Å². The second-order valence-corrected chi connectivity index (χ2v) is 2.91. The Balaban J connectivity index is 4.54. The van der Waals surface area contributed by atoms with Crippen LogP contribution in [0.1, 0.15) is 20.3 Å². The van der Waals surface area contributed by atoms with Crippen molar-refractivity contribution in [2.45, 2.75) is 20.3 Å². The van der Waals surface area contributed by atoms with Crippen molar-refractivity contribution < 1.29 is 19.1 Å². The molecule has 0 rings (SSSR count). The molecule has 0 fully saturated rings. The summed E-state index contributed by atoms with van der Waals surface area (Å²) in [4.78, 5) is 22.4. The van der Waals surface area contributed by atoms with Gasteiger partial charge in [-0.1, -0.05) is 20.3 Å². The van der Waals surface area contributed by atoms with Crippen molar-refractivity contribution in [1.82, 2.24) is 0 Å². The molecule has 4 heteroatoms. The van der Waals surface area contributed by atoms with Gasteiger partial charge in [0.25, 0.3) is 0 Å². The lowest BCUT2D eigenvalue weighted by Gasteiger charge is -2.17. The van der Waals surface area contributed by atoms with Crippen molar-refractivity contribution in [1.29, 1.82) is 0 Å². The summed E-state index contributed by atoms with van der Waals surface area (Å²) in [5.41, 5.74) is 0. The van der Waals surface area contributed by atoms with Crippen LogP contribution in [0, 0.1) is 11.8 Å². The number of hydrogen-bond acceptors (Lipinski definition) is 4. The van der Waals surface area contributed by atoms with Gasteiger partial charge in [-0.05, 0) is 5.92 Å².